The van der Waals surface area contributed by atoms with Crippen LogP contribution in [0.3, 0.4) is 0 Å². The molecule has 0 aliphatic heterocycles. The lowest BCUT2D eigenvalue weighted by Crippen LogP contribution is -2.42. The first-order chi connectivity index (χ1) is 9.48. The summed E-state index contributed by atoms with van der Waals surface area (Å²) in [5, 5.41) is 5.96. The van der Waals surface area contributed by atoms with E-state index in [9.17, 15) is 0 Å². The van der Waals surface area contributed by atoms with Gasteiger partial charge < -0.3 is 5.32 Å². The summed E-state index contributed by atoms with van der Waals surface area (Å²) < 4.78 is 0. The van der Waals surface area contributed by atoms with Gasteiger partial charge in [0.1, 0.15) is 0 Å². The number of hydrogen-bond donors (Lipinski definition) is 1. The predicted molar refractivity (Wildman–Crippen MR) is 90.4 cm³/mol. The highest BCUT2D eigenvalue weighted by Gasteiger charge is 2.30. The topological polar surface area (TPSA) is 12.0 Å². The van der Waals surface area contributed by atoms with E-state index >= 15 is 0 Å². The van der Waals surface area contributed by atoms with Gasteiger partial charge in [-0.05, 0) is 75.8 Å². The SMILES string of the molecule is CCC1CCC(CNC(C)(C)C)C(Cc2cccs2)C1. The summed E-state index contributed by atoms with van der Waals surface area (Å²) in [7, 11) is 0. The maximum atomic E-state index is 3.74. The Balaban J connectivity index is 1.96. The smallest absolute Gasteiger partial charge is 0.00966 e. The van der Waals surface area contributed by atoms with Crippen molar-refractivity contribution in [1.82, 2.24) is 5.32 Å². The van der Waals surface area contributed by atoms with Crippen LogP contribution in [0.5, 0.6) is 0 Å². The van der Waals surface area contributed by atoms with Crippen LogP contribution in [0.1, 0.15) is 58.3 Å². The van der Waals surface area contributed by atoms with Crippen molar-refractivity contribution in [2.75, 3.05) is 6.54 Å². The van der Waals surface area contributed by atoms with Crippen molar-refractivity contribution in [3.8, 4) is 0 Å². The van der Waals surface area contributed by atoms with Gasteiger partial charge in [0.15, 0.2) is 0 Å². The Kier molecular flexibility index (Phi) is 5.68. The Labute approximate surface area is 129 Å². The maximum Gasteiger partial charge on any atom is 0.00966 e. The minimum absolute atomic E-state index is 0.245. The van der Waals surface area contributed by atoms with Crippen molar-refractivity contribution in [3.63, 3.8) is 0 Å². The van der Waals surface area contributed by atoms with Gasteiger partial charge in [0.2, 0.25) is 0 Å². The molecule has 1 nitrogen and oxygen atoms in total. The molecule has 1 aliphatic carbocycles. The van der Waals surface area contributed by atoms with Crippen molar-refractivity contribution in [3.05, 3.63) is 22.4 Å². The lowest BCUT2D eigenvalue weighted by molar-refractivity contribution is 0.163. The molecule has 1 heterocycles. The molecule has 1 saturated carbocycles. The molecule has 0 spiro atoms. The van der Waals surface area contributed by atoms with Gasteiger partial charge in [-0.3, -0.25) is 0 Å². The second kappa shape index (κ2) is 7.09. The molecule has 1 fully saturated rings. The predicted octanol–water partition coefficient (Wildman–Crippen LogP) is 5.12. The third-order valence-corrected chi connectivity index (χ3v) is 5.66. The van der Waals surface area contributed by atoms with E-state index in [0.29, 0.717) is 0 Å². The summed E-state index contributed by atoms with van der Waals surface area (Å²) in [6.45, 7) is 10.4. The average molecular weight is 294 g/mol. The monoisotopic (exact) mass is 293 g/mol. The lowest BCUT2D eigenvalue weighted by atomic mass is 9.71. The highest BCUT2D eigenvalue weighted by molar-refractivity contribution is 7.09. The Bertz CT molecular complexity index is 377. The highest BCUT2D eigenvalue weighted by Crippen LogP contribution is 2.37. The van der Waals surface area contributed by atoms with E-state index in [2.05, 4.69) is 50.5 Å². The molecule has 20 heavy (non-hydrogen) atoms. The van der Waals surface area contributed by atoms with Gasteiger partial charge in [0.25, 0.3) is 0 Å². The Morgan fingerprint density at radius 3 is 2.65 bits per heavy atom. The Hall–Kier alpha value is -0.340. The van der Waals surface area contributed by atoms with Crippen LogP contribution in [0.15, 0.2) is 17.5 Å². The van der Waals surface area contributed by atoms with Gasteiger partial charge in [0.05, 0.1) is 0 Å². The van der Waals surface area contributed by atoms with Gasteiger partial charge in [0, 0.05) is 10.4 Å². The van der Waals surface area contributed by atoms with Gasteiger partial charge in [-0.15, -0.1) is 11.3 Å². The van der Waals surface area contributed by atoms with E-state index in [1.54, 1.807) is 4.88 Å². The quantitative estimate of drug-likeness (QED) is 0.794. The standard InChI is InChI=1S/C18H31NS/c1-5-14-8-9-15(13-19-18(2,3)4)16(11-14)12-17-7-6-10-20-17/h6-7,10,14-16,19H,5,8-9,11-13H2,1-4H3. The normalized spacial score (nSPS) is 27.7. The second-order valence-corrected chi connectivity index (χ2v) is 8.55. The summed E-state index contributed by atoms with van der Waals surface area (Å²) in [6.07, 6.45) is 6.95. The molecule has 3 atom stereocenters. The number of rotatable bonds is 5. The molecule has 0 bridgehead atoms. The van der Waals surface area contributed by atoms with Crippen LogP contribution in [0, 0.1) is 17.8 Å². The molecule has 114 valence electrons. The maximum absolute atomic E-state index is 3.74. The van der Waals surface area contributed by atoms with Crippen LogP contribution in [0.4, 0.5) is 0 Å². The molecule has 1 aliphatic rings. The van der Waals surface area contributed by atoms with Gasteiger partial charge >= 0.3 is 0 Å². The molecule has 0 saturated heterocycles. The van der Waals surface area contributed by atoms with Crippen molar-refractivity contribution in [2.45, 2.75) is 65.3 Å². The molecule has 1 aromatic rings. The van der Waals surface area contributed by atoms with Crippen molar-refractivity contribution in [2.24, 2.45) is 17.8 Å². The fraction of sp³-hybridized carbons (Fsp3) is 0.778. The van der Waals surface area contributed by atoms with Crippen molar-refractivity contribution in [1.29, 1.82) is 0 Å². The summed E-state index contributed by atoms with van der Waals surface area (Å²) >= 11 is 1.93. The molecule has 2 rings (SSSR count). The van der Waals surface area contributed by atoms with Crippen LogP contribution in [0.2, 0.25) is 0 Å². The molecule has 1 N–H and O–H groups in total. The molecular weight excluding hydrogens is 262 g/mol. The largest absolute Gasteiger partial charge is 0.312 e. The molecule has 0 aromatic carbocycles. The summed E-state index contributed by atoms with van der Waals surface area (Å²) in [5.74, 6) is 2.70. The third kappa shape index (κ3) is 4.89. The van der Waals surface area contributed by atoms with E-state index < -0.39 is 0 Å². The molecule has 3 unspecified atom stereocenters. The molecule has 0 radical (unpaired) electrons. The molecule has 1 aromatic heterocycles. The summed E-state index contributed by atoms with van der Waals surface area (Å²) in [5.41, 5.74) is 0.245. The zero-order valence-electron chi connectivity index (χ0n) is 13.6. The van der Waals surface area contributed by atoms with Crippen LogP contribution in [-0.2, 0) is 6.42 Å². The first-order valence-corrected chi connectivity index (χ1v) is 9.13. The van der Waals surface area contributed by atoms with E-state index in [4.69, 9.17) is 0 Å². The molecular formula is C18H31NS. The first kappa shape index (κ1) is 16.0. The summed E-state index contributed by atoms with van der Waals surface area (Å²) in [4.78, 5) is 1.58. The second-order valence-electron chi connectivity index (χ2n) is 7.52. The average Bonchev–Trinajstić information content (AvgIpc) is 2.89. The number of hydrogen-bond acceptors (Lipinski definition) is 2. The van der Waals surface area contributed by atoms with Crippen LogP contribution in [-0.4, -0.2) is 12.1 Å². The zero-order chi connectivity index (χ0) is 14.6. The summed E-state index contributed by atoms with van der Waals surface area (Å²) in [6, 6.07) is 4.51. The van der Waals surface area contributed by atoms with Crippen molar-refractivity contribution < 1.29 is 0 Å². The van der Waals surface area contributed by atoms with Crippen LogP contribution in [0.25, 0.3) is 0 Å². The lowest BCUT2D eigenvalue weighted by Gasteiger charge is -2.37. The number of thiophene rings is 1. The highest BCUT2D eigenvalue weighted by atomic mass is 32.1. The number of nitrogens with one attached hydrogen (secondary N) is 1. The van der Waals surface area contributed by atoms with Crippen LogP contribution >= 0.6 is 11.3 Å². The fourth-order valence-corrected chi connectivity index (χ4v) is 4.24. The van der Waals surface area contributed by atoms with E-state index in [-0.39, 0.29) is 5.54 Å². The minimum atomic E-state index is 0.245. The fourth-order valence-electron chi connectivity index (χ4n) is 3.44. The van der Waals surface area contributed by atoms with E-state index in [0.717, 1.165) is 17.8 Å². The van der Waals surface area contributed by atoms with E-state index in [1.807, 2.05) is 11.3 Å². The Morgan fingerprint density at radius 2 is 2.05 bits per heavy atom. The first-order valence-electron chi connectivity index (χ1n) is 8.25. The zero-order valence-corrected chi connectivity index (χ0v) is 14.4. The van der Waals surface area contributed by atoms with E-state index in [1.165, 1.54) is 38.6 Å². The van der Waals surface area contributed by atoms with Crippen LogP contribution < -0.4 is 5.32 Å². The molecule has 2 heteroatoms. The van der Waals surface area contributed by atoms with Gasteiger partial charge in [-0.25, -0.2) is 0 Å². The molecule has 0 amide bonds. The minimum Gasteiger partial charge on any atom is -0.312 e. The van der Waals surface area contributed by atoms with Gasteiger partial charge in [-0.1, -0.05) is 25.8 Å². The van der Waals surface area contributed by atoms with Gasteiger partial charge in [-0.2, -0.15) is 0 Å². The third-order valence-electron chi connectivity index (χ3n) is 4.76. The Morgan fingerprint density at radius 1 is 1.25 bits per heavy atom. The van der Waals surface area contributed by atoms with Crippen molar-refractivity contribution >= 4 is 11.3 Å².